The number of pyridine rings is 2. The van der Waals surface area contributed by atoms with E-state index < -0.39 is 11.6 Å². The van der Waals surface area contributed by atoms with Crippen LogP contribution in [0.3, 0.4) is 0 Å². The van der Waals surface area contributed by atoms with Crippen molar-refractivity contribution in [2.24, 2.45) is 0 Å². The molecule has 4 rings (SSSR count). The summed E-state index contributed by atoms with van der Waals surface area (Å²) in [4.78, 5) is 12.2. The zero-order valence-corrected chi connectivity index (χ0v) is 13.9. The van der Waals surface area contributed by atoms with Crippen LogP contribution in [0.2, 0.25) is 0 Å². The molecule has 0 aliphatic carbocycles. The Bertz CT molecular complexity index is 804. The number of nitrogens with zero attached hydrogens (tertiary/aromatic N) is 4. The molecule has 0 saturated carbocycles. The summed E-state index contributed by atoms with van der Waals surface area (Å²) in [5, 5.41) is 0. The van der Waals surface area contributed by atoms with Crippen molar-refractivity contribution in [3.05, 3.63) is 72.6 Å². The van der Waals surface area contributed by atoms with Crippen molar-refractivity contribution < 1.29 is 8.78 Å². The van der Waals surface area contributed by atoms with Crippen molar-refractivity contribution in [2.45, 2.75) is 0 Å². The summed E-state index contributed by atoms with van der Waals surface area (Å²) in [6, 6.07) is 13.7. The number of aromatic nitrogens is 2. The highest BCUT2D eigenvalue weighted by molar-refractivity contribution is 9.24. The number of hydrogen-bond donors (Lipinski definition) is 0. The molecule has 0 spiro atoms. The minimum Gasteiger partial charge on any atom is -0.338 e. The Kier molecular flexibility index (Phi) is 3.68. The first-order valence-electron chi connectivity index (χ1n) is 7.20. The lowest BCUT2D eigenvalue weighted by Crippen LogP contribution is -2.38. The third-order valence-corrected chi connectivity index (χ3v) is 4.56. The Morgan fingerprint density at radius 2 is 1.21 bits per heavy atom. The van der Waals surface area contributed by atoms with E-state index in [2.05, 4.69) is 25.7 Å². The number of fused-ring (bicyclic) bond motifs is 1. The molecule has 0 saturated heterocycles. The molecule has 1 aliphatic heterocycles. The molecule has 0 bridgehead atoms. The topological polar surface area (TPSA) is 32.3 Å². The molecule has 0 amide bonds. The zero-order chi connectivity index (χ0) is 16.7. The summed E-state index contributed by atoms with van der Waals surface area (Å²) in [5.74, 6) is 0.0697. The molecule has 3 heterocycles. The molecule has 2 aromatic heterocycles. The van der Waals surface area contributed by atoms with Crippen LogP contribution < -0.4 is 9.62 Å². The maximum atomic E-state index is 13.2. The fourth-order valence-electron chi connectivity index (χ4n) is 2.70. The van der Waals surface area contributed by atoms with Gasteiger partial charge in [-0.25, -0.2) is 18.7 Å². The smallest absolute Gasteiger partial charge is 0.338 e. The second-order valence-corrected chi connectivity index (χ2v) is 6.03. The second kappa shape index (κ2) is 5.87. The highest BCUT2D eigenvalue weighted by Gasteiger charge is 2.41. The monoisotopic (exact) mass is 386 g/mol. The van der Waals surface area contributed by atoms with Gasteiger partial charge in [0, 0.05) is 0 Å². The van der Waals surface area contributed by atoms with Gasteiger partial charge < -0.3 is 9.62 Å². The number of benzene rings is 1. The van der Waals surface area contributed by atoms with Crippen LogP contribution in [0.25, 0.3) is 0 Å². The molecule has 0 unspecified atom stereocenters. The number of hydrogen-bond acceptors (Lipinski definition) is 4. The Morgan fingerprint density at radius 3 is 1.58 bits per heavy atom. The lowest BCUT2D eigenvalue weighted by Gasteiger charge is -2.23. The molecule has 3 aromatic rings. The highest BCUT2D eigenvalue weighted by Crippen LogP contribution is 2.46. The first-order chi connectivity index (χ1) is 11.6. The maximum absolute atomic E-state index is 13.2. The summed E-state index contributed by atoms with van der Waals surface area (Å²) in [7, 11) is 0. The molecule has 8 heteroatoms. The predicted octanol–water partition coefficient (Wildman–Crippen LogP) is 4.42. The van der Waals surface area contributed by atoms with Crippen LogP contribution in [0, 0.1) is 11.6 Å². The summed E-state index contributed by atoms with van der Waals surface area (Å²) in [6.45, 7) is 0. The van der Waals surface area contributed by atoms with Crippen LogP contribution in [0.4, 0.5) is 31.8 Å². The highest BCUT2D eigenvalue weighted by atomic mass is 79.9. The molecule has 0 fully saturated rings. The van der Waals surface area contributed by atoms with Crippen molar-refractivity contribution in [1.82, 2.24) is 9.97 Å². The standard InChI is InChI=1S/C16H10BBrF2N4/c18-17-23(15-7-5-11(19)9-21-15)13-3-1-2-4-14(13)24(17)16-8-6-12(20)10-22-16/h1-10H. The fraction of sp³-hybridized carbons (Fsp3) is 0. The van der Waals surface area contributed by atoms with E-state index in [9.17, 15) is 8.78 Å². The van der Waals surface area contributed by atoms with Gasteiger partial charge in [0.05, 0.1) is 23.8 Å². The van der Waals surface area contributed by atoms with E-state index in [4.69, 9.17) is 0 Å². The van der Waals surface area contributed by atoms with E-state index in [1.165, 1.54) is 24.5 Å². The SMILES string of the molecule is Fc1ccc(N2B(Br)N(c3ccc(F)cn3)c3ccccc32)nc1. The van der Waals surface area contributed by atoms with E-state index in [0.717, 1.165) is 11.4 Å². The average Bonchev–Trinajstić information content (AvgIpc) is 2.89. The lowest BCUT2D eigenvalue weighted by molar-refractivity contribution is 0.621. The molecule has 1 aromatic carbocycles. The summed E-state index contributed by atoms with van der Waals surface area (Å²) < 4.78 is 26.4. The van der Waals surface area contributed by atoms with Crippen LogP contribution in [0.1, 0.15) is 0 Å². The van der Waals surface area contributed by atoms with E-state index >= 15 is 0 Å². The molecule has 0 N–H and O–H groups in total. The molecule has 4 nitrogen and oxygen atoms in total. The molecular formula is C16H10BBrF2N4. The average molecular weight is 387 g/mol. The van der Waals surface area contributed by atoms with Crippen molar-refractivity contribution in [3.63, 3.8) is 0 Å². The third-order valence-electron chi connectivity index (χ3n) is 3.74. The fourth-order valence-corrected chi connectivity index (χ4v) is 3.56. The van der Waals surface area contributed by atoms with E-state index in [-0.39, 0.29) is 5.81 Å². The minimum atomic E-state index is -0.394. The van der Waals surface area contributed by atoms with Crippen molar-refractivity contribution in [1.29, 1.82) is 0 Å². The van der Waals surface area contributed by atoms with Crippen LogP contribution in [-0.4, -0.2) is 15.8 Å². The maximum Gasteiger partial charge on any atom is 0.467 e. The third kappa shape index (κ3) is 2.43. The van der Waals surface area contributed by atoms with Gasteiger partial charge in [0.2, 0.25) is 0 Å². The summed E-state index contributed by atoms with van der Waals surface area (Å²) in [6.07, 6.45) is 2.35. The van der Waals surface area contributed by atoms with Gasteiger partial charge in [-0.2, -0.15) is 0 Å². The van der Waals surface area contributed by atoms with Gasteiger partial charge in [-0.05, 0) is 36.4 Å². The van der Waals surface area contributed by atoms with Crippen molar-refractivity contribution in [3.8, 4) is 0 Å². The second-order valence-electron chi connectivity index (χ2n) is 5.21. The van der Waals surface area contributed by atoms with Crippen molar-refractivity contribution in [2.75, 3.05) is 9.62 Å². The molecular weight excluding hydrogens is 377 g/mol. The van der Waals surface area contributed by atoms with Gasteiger partial charge in [0.25, 0.3) is 0 Å². The molecule has 118 valence electrons. The van der Waals surface area contributed by atoms with E-state index in [1.807, 2.05) is 33.9 Å². The van der Waals surface area contributed by atoms with Gasteiger partial charge in [-0.1, -0.05) is 27.9 Å². The van der Waals surface area contributed by atoms with E-state index in [1.54, 1.807) is 12.1 Å². The van der Waals surface area contributed by atoms with Gasteiger partial charge in [-0.3, -0.25) is 0 Å². The lowest BCUT2D eigenvalue weighted by atomic mass is 10.1. The summed E-state index contributed by atoms with van der Waals surface area (Å²) in [5.41, 5.74) is 1.79. The van der Waals surface area contributed by atoms with Crippen LogP contribution in [0.15, 0.2) is 60.9 Å². The van der Waals surface area contributed by atoms with Crippen LogP contribution in [0.5, 0.6) is 0 Å². The molecule has 0 radical (unpaired) electrons. The quantitative estimate of drug-likeness (QED) is 0.610. The Balaban J connectivity index is 1.83. The normalized spacial score (nSPS) is 13.4. The molecule has 1 aliphatic rings. The molecule has 0 atom stereocenters. The van der Waals surface area contributed by atoms with Crippen molar-refractivity contribution >= 4 is 44.6 Å². The first kappa shape index (κ1) is 15.1. The first-order valence-corrected chi connectivity index (χ1v) is 8.11. The Labute approximate surface area is 145 Å². The van der Waals surface area contributed by atoms with Crippen LogP contribution in [-0.2, 0) is 0 Å². The van der Waals surface area contributed by atoms with Gasteiger partial charge in [0.1, 0.15) is 23.3 Å². The number of anilines is 4. The Hall–Kier alpha value is -2.48. The zero-order valence-electron chi connectivity index (χ0n) is 12.3. The van der Waals surface area contributed by atoms with E-state index in [0.29, 0.717) is 11.6 Å². The number of halogens is 3. The predicted molar refractivity (Wildman–Crippen MR) is 93.8 cm³/mol. The summed E-state index contributed by atoms with van der Waals surface area (Å²) >= 11 is 3.65. The molecule has 24 heavy (non-hydrogen) atoms. The Morgan fingerprint density at radius 1 is 0.750 bits per heavy atom. The largest absolute Gasteiger partial charge is 0.467 e. The number of rotatable bonds is 2. The minimum absolute atomic E-state index is 0.328. The number of para-hydroxylation sites is 2. The van der Waals surface area contributed by atoms with Crippen LogP contribution >= 0.6 is 15.8 Å². The van der Waals surface area contributed by atoms with Gasteiger partial charge >= 0.3 is 5.81 Å². The van der Waals surface area contributed by atoms with Gasteiger partial charge in [0.15, 0.2) is 0 Å². The van der Waals surface area contributed by atoms with Gasteiger partial charge in [-0.15, -0.1) is 0 Å².